The Morgan fingerprint density at radius 3 is 2.33 bits per heavy atom. The maximum atomic E-state index is 11.8. The summed E-state index contributed by atoms with van der Waals surface area (Å²) in [5.74, 6) is -0.225. The number of unbranched alkanes of at least 4 members (excludes halogenated alkanes) is 3. The summed E-state index contributed by atoms with van der Waals surface area (Å²) in [5, 5.41) is 0. The number of carbonyl (C=O) groups is 1. The van der Waals surface area contributed by atoms with Gasteiger partial charge in [0.2, 0.25) is 0 Å². The predicted octanol–water partition coefficient (Wildman–Crippen LogP) is 0.504. The SMILES string of the molecule is CCCCCC[N+](C)(C)CCOC(=O)c1ccccc1.[Br-]. The third-order valence-corrected chi connectivity index (χ3v) is 3.56. The Kier molecular flexibility index (Phi) is 10.4. The molecule has 0 radical (unpaired) electrons. The lowest BCUT2D eigenvalue weighted by Gasteiger charge is -2.29. The molecule has 0 heterocycles. The molecular formula is C17H28BrNO2. The van der Waals surface area contributed by atoms with Crippen LogP contribution in [0.5, 0.6) is 0 Å². The Labute approximate surface area is 139 Å². The minimum atomic E-state index is -0.225. The van der Waals surface area contributed by atoms with Crippen LogP contribution in [0.2, 0.25) is 0 Å². The number of nitrogens with zero attached hydrogens (tertiary/aromatic N) is 1. The van der Waals surface area contributed by atoms with Crippen LogP contribution in [-0.2, 0) is 4.74 Å². The van der Waals surface area contributed by atoms with Crippen molar-refractivity contribution < 1.29 is 31.0 Å². The van der Waals surface area contributed by atoms with Crippen LogP contribution in [0.4, 0.5) is 0 Å². The van der Waals surface area contributed by atoms with Crippen molar-refractivity contribution in [1.29, 1.82) is 0 Å². The zero-order valence-corrected chi connectivity index (χ0v) is 15.1. The van der Waals surface area contributed by atoms with Gasteiger partial charge < -0.3 is 26.2 Å². The number of rotatable bonds is 9. The van der Waals surface area contributed by atoms with Crippen molar-refractivity contribution in [2.45, 2.75) is 32.6 Å². The maximum Gasteiger partial charge on any atom is 0.338 e. The minimum absolute atomic E-state index is 0. The first-order valence-electron chi connectivity index (χ1n) is 7.59. The fourth-order valence-corrected chi connectivity index (χ4v) is 2.12. The molecule has 3 nitrogen and oxygen atoms in total. The van der Waals surface area contributed by atoms with Gasteiger partial charge in [-0.05, 0) is 25.0 Å². The van der Waals surface area contributed by atoms with E-state index in [2.05, 4.69) is 21.0 Å². The fourth-order valence-electron chi connectivity index (χ4n) is 2.12. The number of quaternary nitrogens is 1. The standard InChI is InChI=1S/C17H28NO2.BrH/c1-4-5-6-10-13-18(2,3)14-15-20-17(19)16-11-8-7-9-12-16;/h7-9,11-12H,4-6,10,13-15H2,1-3H3;1H/q+1;/p-1. The zero-order chi connectivity index (χ0) is 14.8. The van der Waals surface area contributed by atoms with Gasteiger partial charge in [-0.25, -0.2) is 4.79 Å². The molecular weight excluding hydrogens is 330 g/mol. The third kappa shape index (κ3) is 8.89. The Balaban J connectivity index is 0.00000400. The summed E-state index contributed by atoms with van der Waals surface area (Å²) in [6.45, 7) is 4.71. The van der Waals surface area contributed by atoms with Crippen molar-refractivity contribution in [1.82, 2.24) is 0 Å². The molecule has 0 N–H and O–H groups in total. The summed E-state index contributed by atoms with van der Waals surface area (Å²) in [4.78, 5) is 11.8. The lowest BCUT2D eigenvalue weighted by atomic mass is 10.2. The second-order valence-electron chi connectivity index (χ2n) is 5.95. The van der Waals surface area contributed by atoms with Gasteiger partial charge in [-0.3, -0.25) is 0 Å². The Morgan fingerprint density at radius 2 is 1.71 bits per heavy atom. The molecule has 0 saturated heterocycles. The quantitative estimate of drug-likeness (QED) is 0.365. The number of ether oxygens (including phenoxy) is 1. The van der Waals surface area contributed by atoms with E-state index in [9.17, 15) is 4.79 Å². The van der Waals surface area contributed by atoms with E-state index >= 15 is 0 Å². The molecule has 0 saturated carbocycles. The smallest absolute Gasteiger partial charge is 0.338 e. The predicted molar refractivity (Wildman–Crippen MR) is 82.7 cm³/mol. The number of hydrogen-bond donors (Lipinski definition) is 0. The van der Waals surface area contributed by atoms with Gasteiger partial charge in [-0.2, -0.15) is 0 Å². The maximum absolute atomic E-state index is 11.8. The van der Waals surface area contributed by atoms with Gasteiger partial charge in [-0.1, -0.05) is 38.0 Å². The molecule has 4 heteroatoms. The van der Waals surface area contributed by atoms with Crippen LogP contribution in [-0.4, -0.2) is 44.2 Å². The molecule has 0 aliphatic carbocycles. The molecule has 0 aliphatic heterocycles. The average Bonchev–Trinajstić information content (AvgIpc) is 2.44. The third-order valence-electron chi connectivity index (χ3n) is 3.56. The lowest BCUT2D eigenvalue weighted by molar-refractivity contribution is -0.890. The number of hydrogen-bond acceptors (Lipinski definition) is 2. The highest BCUT2D eigenvalue weighted by atomic mass is 79.9. The molecule has 0 amide bonds. The van der Waals surface area contributed by atoms with Gasteiger partial charge in [0, 0.05) is 0 Å². The van der Waals surface area contributed by atoms with Crippen molar-refractivity contribution in [2.24, 2.45) is 0 Å². The van der Waals surface area contributed by atoms with Crippen LogP contribution >= 0.6 is 0 Å². The van der Waals surface area contributed by atoms with E-state index in [1.165, 1.54) is 25.7 Å². The molecule has 1 aromatic carbocycles. The van der Waals surface area contributed by atoms with Crippen molar-refractivity contribution in [3.8, 4) is 0 Å². The van der Waals surface area contributed by atoms with E-state index in [-0.39, 0.29) is 23.0 Å². The van der Waals surface area contributed by atoms with Gasteiger partial charge in [-0.15, -0.1) is 0 Å². The molecule has 1 rings (SSSR count). The molecule has 0 aliphatic rings. The highest BCUT2D eigenvalue weighted by molar-refractivity contribution is 5.89. The average molecular weight is 358 g/mol. The van der Waals surface area contributed by atoms with Gasteiger partial charge in [0.15, 0.2) is 0 Å². The second kappa shape index (κ2) is 10.8. The van der Waals surface area contributed by atoms with Crippen molar-refractivity contribution in [3.05, 3.63) is 35.9 Å². The Morgan fingerprint density at radius 1 is 1.05 bits per heavy atom. The van der Waals surface area contributed by atoms with Crippen LogP contribution < -0.4 is 17.0 Å². The molecule has 21 heavy (non-hydrogen) atoms. The highest BCUT2D eigenvalue weighted by Gasteiger charge is 2.15. The number of benzene rings is 1. The summed E-state index contributed by atoms with van der Waals surface area (Å²) < 4.78 is 6.25. The van der Waals surface area contributed by atoms with Gasteiger partial charge in [0.05, 0.1) is 26.2 Å². The summed E-state index contributed by atoms with van der Waals surface area (Å²) >= 11 is 0. The number of likely N-dealkylation sites (N-methyl/N-ethyl adjacent to an activating group) is 1. The van der Waals surface area contributed by atoms with E-state index in [4.69, 9.17) is 4.74 Å². The Hall–Kier alpha value is -0.870. The van der Waals surface area contributed by atoms with Crippen LogP contribution in [0, 0.1) is 0 Å². The molecule has 0 atom stereocenters. The van der Waals surface area contributed by atoms with Crippen LogP contribution in [0.15, 0.2) is 30.3 Å². The normalized spacial score (nSPS) is 10.8. The molecule has 1 aromatic rings. The first kappa shape index (κ1) is 20.1. The van der Waals surface area contributed by atoms with Crippen LogP contribution in [0.3, 0.4) is 0 Å². The molecule has 120 valence electrons. The minimum Gasteiger partial charge on any atom is -1.00 e. The molecule has 0 aromatic heterocycles. The van der Waals surface area contributed by atoms with E-state index in [0.29, 0.717) is 12.2 Å². The molecule has 0 fully saturated rings. The fraction of sp³-hybridized carbons (Fsp3) is 0.588. The first-order valence-corrected chi connectivity index (χ1v) is 7.59. The number of esters is 1. The molecule has 0 spiro atoms. The number of halogens is 1. The monoisotopic (exact) mass is 357 g/mol. The number of carbonyl (C=O) groups excluding carboxylic acids is 1. The van der Waals surface area contributed by atoms with Crippen LogP contribution in [0.1, 0.15) is 43.0 Å². The summed E-state index contributed by atoms with van der Waals surface area (Å²) in [6, 6.07) is 9.17. The largest absolute Gasteiger partial charge is 1.00 e. The van der Waals surface area contributed by atoms with E-state index in [1.54, 1.807) is 12.1 Å². The lowest BCUT2D eigenvalue weighted by Crippen LogP contribution is -3.00. The second-order valence-corrected chi connectivity index (χ2v) is 5.95. The van der Waals surface area contributed by atoms with Crippen LogP contribution in [0.25, 0.3) is 0 Å². The topological polar surface area (TPSA) is 26.3 Å². The molecule has 0 unspecified atom stereocenters. The van der Waals surface area contributed by atoms with E-state index in [0.717, 1.165) is 17.6 Å². The summed E-state index contributed by atoms with van der Waals surface area (Å²) in [6.07, 6.45) is 5.11. The van der Waals surface area contributed by atoms with E-state index in [1.807, 2.05) is 18.2 Å². The van der Waals surface area contributed by atoms with Crippen molar-refractivity contribution >= 4 is 5.97 Å². The summed E-state index contributed by atoms with van der Waals surface area (Å²) in [5.41, 5.74) is 0.626. The van der Waals surface area contributed by atoms with Gasteiger partial charge in [0.1, 0.15) is 13.2 Å². The molecule has 0 bridgehead atoms. The Bertz CT molecular complexity index is 393. The first-order chi connectivity index (χ1) is 9.55. The van der Waals surface area contributed by atoms with Crippen molar-refractivity contribution in [3.63, 3.8) is 0 Å². The summed E-state index contributed by atoms with van der Waals surface area (Å²) in [7, 11) is 4.39. The zero-order valence-electron chi connectivity index (χ0n) is 13.5. The van der Waals surface area contributed by atoms with Crippen molar-refractivity contribution in [2.75, 3.05) is 33.8 Å². The highest BCUT2D eigenvalue weighted by Crippen LogP contribution is 2.06. The van der Waals surface area contributed by atoms with Gasteiger partial charge >= 0.3 is 5.97 Å². The van der Waals surface area contributed by atoms with Gasteiger partial charge in [0.25, 0.3) is 0 Å². The van der Waals surface area contributed by atoms with E-state index < -0.39 is 0 Å².